The van der Waals surface area contributed by atoms with Crippen LogP contribution in [0.5, 0.6) is 0 Å². The Morgan fingerprint density at radius 2 is 2.15 bits per heavy atom. The molecule has 1 atom stereocenters. The number of nitriles is 1. The molecule has 1 saturated heterocycles. The van der Waals surface area contributed by atoms with Gasteiger partial charge >= 0.3 is 0 Å². The first-order valence-electron chi connectivity index (χ1n) is 8.72. The average Bonchev–Trinajstić information content (AvgIpc) is 3.14. The molecule has 0 N–H and O–H groups in total. The molecule has 3 rings (SSSR count). The van der Waals surface area contributed by atoms with Gasteiger partial charge in [0.25, 0.3) is 5.91 Å². The number of rotatable bonds is 4. The molecule has 0 unspecified atom stereocenters. The topological polar surface area (TPSA) is 96.1 Å². The number of amides is 1. The molecule has 7 nitrogen and oxygen atoms in total. The molecule has 1 fully saturated rings. The predicted octanol–water partition coefficient (Wildman–Crippen LogP) is 2.00. The number of hydrogen-bond acceptors (Lipinski definition) is 5. The lowest BCUT2D eigenvalue weighted by Gasteiger charge is -2.18. The van der Waals surface area contributed by atoms with Crippen molar-refractivity contribution in [3.05, 3.63) is 52.3 Å². The lowest BCUT2D eigenvalue weighted by atomic mass is 10.1. The third-order valence-electron chi connectivity index (χ3n) is 5.01. The number of aromatic nitrogens is 2. The third-order valence-corrected chi connectivity index (χ3v) is 6.76. The fourth-order valence-corrected chi connectivity index (χ4v) is 5.19. The molecule has 1 aliphatic heterocycles. The van der Waals surface area contributed by atoms with Gasteiger partial charge in [-0.05, 0) is 38.5 Å². The van der Waals surface area contributed by atoms with Crippen molar-refractivity contribution >= 4 is 15.7 Å². The van der Waals surface area contributed by atoms with E-state index in [-0.39, 0.29) is 23.5 Å². The van der Waals surface area contributed by atoms with Crippen LogP contribution in [0.25, 0.3) is 0 Å². The van der Waals surface area contributed by atoms with Gasteiger partial charge in [-0.25, -0.2) is 8.42 Å². The highest BCUT2D eigenvalue weighted by atomic mass is 32.2. The number of aryl methyl sites for hydroxylation is 1. The first kappa shape index (κ1) is 19.1. The molecule has 0 aliphatic carbocycles. The quantitative estimate of drug-likeness (QED) is 0.801. The Balaban J connectivity index is 1.81. The Morgan fingerprint density at radius 1 is 1.41 bits per heavy atom. The molecular formula is C19H22N4O3S. The van der Waals surface area contributed by atoms with E-state index < -0.39 is 9.84 Å². The average molecular weight is 386 g/mol. The monoisotopic (exact) mass is 386 g/mol. The van der Waals surface area contributed by atoms with Crippen molar-refractivity contribution in [2.24, 2.45) is 0 Å². The molecule has 0 radical (unpaired) electrons. The van der Waals surface area contributed by atoms with Gasteiger partial charge in [-0.1, -0.05) is 6.07 Å². The summed E-state index contributed by atoms with van der Waals surface area (Å²) in [6, 6.07) is 8.50. The van der Waals surface area contributed by atoms with E-state index in [2.05, 4.69) is 5.10 Å². The second-order valence-corrected chi connectivity index (χ2v) is 9.23. The van der Waals surface area contributed by atoms with Crippen LogP contribution in [-0.4, -0.2) is 47.6 Å². The van der Waals surface area contributed by atoms with Crippen molar-refractivity contribution in [3.8, 4) is 6.07 Å². The molecule has 8 heteroatoms. The lowest BCUT2D eigenvalue weighted by Crippen LogP contribution is -2.26. The van der Waals surface area contributed by atoms with Crippen LogP contribution in [0.15, 0.2) is 24.3 Å². The van der Waals surface area contributed by atoms with Gasteiger partial charge in [-0.3, -0.25) is 9.48 Å². The minimum absolute atomic E-state index is 0.115. The van der Waals surface area contributed by atoms with Gasteiger partial charge in [-0.2, -0.15) is 10.4 Å². The molecule has 2 aromatic rings. The van der Waals surface area contributed by atoms with Gasteiger partial charge in [0.05, 0.1) is 34.9 Å². The number of benzene rings is 1. The second-order valence-electron chi connectivity index (χ2n) is 7.00. The molecular weight excluding hydrogens is 364 g/mol. The van der Waals surface area contributed by atoms with Crippen molar-refractivity contribution in [1.29, 1.82) is 5.26 Å². The van der Waals surface area contributed by atoms with E-state index in [9.17, 15) is 13.2 Å². The Morgan fingerprint density at radius 3 is 2.78 bits per heavy atom. The maximum atomic E-state index is 12.7. The predicted molar refractivity (Wildman–Crippen MR) is 101 cm³/mol. The highest BCUT2D eigenvalue weighted by Gasteiger charge is 2.31. The zero-order chi connectivity index (χ0) is 19.8. The van der Waals surface area contributed by atoms with Gasteiger partial charge in [-0.15, -0.1) is 0 Å². The number of hydrogen-bond donors (Lipinski definition) is 0. The lowest BCUT2D eigenvalue weighted by molar-refractivity contribution is 0.0784. The van der Waals surface area contributed by atoms with Crippen LogP contribution in [-0.2, 0) is 16.4 Å². The summed E-state index contributed by atoms with van der Waals surface area (Å²) in [7, 11) is -1.29. The number of carbonyl (C=O) groups is 1. The highest BCUT2D eigenvalue weighted by Crippen LogP contribution is 2.27. The maximum Gasteiger partial charge on any atom is 0.253 e. The van der Waals surface area contributed by atoms with Crippen LogP contribution in [0.3, 0.4) is 0 Å². The zero-order valence-electron chi connectivity index (χ0n) is 15.6. The van der Waals surface area contributed by atoms with Crippen LogP contribution >= 0.6 is 0 Å². The minimum atomic E-state index is -2.99. The molecule has 1 aromatic heterocycles. The van der Waals surface area contributed by atoms with E-state index in [1.54, 1.807) is 40.9 Å². The van der Waals surface area contributed by atoms with E-state index in [4.69, 9.17) is 5.26 Å². The summed E-state index contributed by atoms with van der Waals surface area (Å²) in [5.74, 6) is 0.130. The summed E-state index contributed by atoms with van der Waals surface area (Å²) < 4.78 is 25.3. The van der Waals surface area contributed by atoms with Gasteiger partial charge < -0.3 is 4.90 Å². The zero-order valence-corrected chi connectivity index (χ0v) is 16.5. The molecule has 2 heterocycles. The summed E-state index contributed by atoms with van der Waals surface area (Å²) in [6.45, 7) is 4.15. The first-order valence-corrected chi connectivity index (χ1v) is 10.5. The van der Waals surface area contributed by atoms with Crippen molar-refractivity contribution in [2.75, 3.05) is 18.6 Å². The van der Waals surface area contributed by atoms with E-state index in [1.165, 1.54) is 0 Å². The number of sulfone groups is 1. The maximum absolute atomic E-state index is 12.7. The summed E-state index contributed by atoms with van der Waals surface area (Å²) >= 11 is 0. The smallest absolute Gasteiger partial charge is 0.253 e. The van der Waals surface area contributed by atoms with Crippen LogP contribution in [0.1, 0.15) is 45.3 Å². The van der Waals surface area contributed by atoms with Crippen molar-refractivity contribution in [3.63, 3.8) is 0 Å². The van der Waals surface area contributed by atoms with Crippen molar-refractivity contribution < 1.29 is 13.2 Å². The highest BCUT2D eigenvalue weighted by molar-refractivity contribution is 7.91. The largest absolute Gasteiger partial charge is 0.337 e. The van der Waals surface area contributed by atoms with Crippen LogP contribution in [0.4, 0.5) is 0 Å². The number of carbonyl (C=O) groups excluding carboxylic acids is 1. The molecule has 1 aliphatic rings. The standard InChI is InChI=1S/C19H22N4O3S/c1-13-18(14(2)23(21-13)17-7-8-27(25,26)12-17)11-22(3)19(24)16-6-4-5-15(9-16)10-20/h4-6,9,17H,7-8,11-12H2,1-3H3/t17-/m0/s1. The van der Waals surface area contributed by atoms with E-state index >= 15 is 0 Å². The van der Waals surface area contributed by atoms with Crippen molar-refractivity contribution in [2.45, 2.75) is 32.9 Å². The minimum Gasteiger partial charge on any atom is -0.337 e. The summed E-state index contributed by atoms with van der Waals surface area (Å²) in [5, 5.41) is 13.5. The summed E-state index contributed by atoms with van der Waals surface area (Å²) in [4.78, 5) is 14.3. The Kier molecular flexibility index (Phi) is 5.07. The van der Waals surface area contributed by atoms with E-state index in [1.807, 2.05) is 19.9 Å². The van der Waals surface area contributed by atoms with Gasteiger partial charge in [0.2, 0.25) is 0 Å². The van der Waals surface area contributed by atoms with Crippen LogP contribution in [0.2, 0.25) is 0 Å². The molecule has 142 valence electrons. The van der Waals surface area contributed by atoms with Gasteiger partial charge in [0.15, 0.2) is 9.84 Å². The fraction of sp³-hybridized carbons (Fsp3) is 0.421. The van der Waals surface area contributed by atoms with Crippen molar-refractivity contribution in [1.82, 2.24) is 14.7 Å². The molecule has 27 heavy (non-hydrogen) atoms. The molecule has 0 bridgehead atoms. The number of nitrogens with zero attached hydrogens (tertiary/aromatic N) is 4. The van der Waals surface area contributed by atoms with Gasteiger partial charge in [0.1, 0.15) is 0 Å². The summed E-state index contributed by atoms with van der Waals surface area (Å²) in [5.41, 5.74) is 3.51. The molecule has 0 spiro atoms. The second kappa shape index (κ2) is 7.16. The van der Waals surface area contributed by atoms with Crippen LogP contribution in [0, 0.1) is 25.2 Å². The Bertz CT molecular complexity index is 1030. The van der Waals surface area contributed by atoms with Crippen LogP contribution < -0.4 is 0 Å². The molecule has 1 amide bonds. The Hall–Kier alpha value is -2.66. The summed E-state index contributed by atoms with van der Waals surface area (Å²) in [6.07, 6.45) is 0.569. The van der Waals surface area contributed by atoms with Gasteiger partial charge in [0, 0.05) is 30.4 Å². The SMILES string of the molecule is Cc1nn([C@H]2CCS(=O)(=O)C2)c(C)c1CN(C)C(=O)c1cccc(C#N)c1. The molecule has 0 saturated carbocycles. The first-order chi connectivity index (χ1) is 12.7. The normalized spacial score (nSPS) is 18.2. The van der Waals surface area contributed by atoms with E-state index in [0.29, 0.717) is 24.1 Å². The van der Waals surface area contributed by atoms with E-state index in [0.717, 1.165) is 17.0 Å². The molecule has 1 aromatic carbocycles. The third kappa shape index (κ3) is 3.88. The fourth-order valence-electron chi connectivity index (χ4n) is 3.50. The Labute approximate surface area is 159 Å².